The molecule has 0 saturated heterocycles. The Labute approximate surface area is 112 Å². The highest BCUT2D eigenvalue weighted by Crippen LogP contribution is 2.09. The van der Waals surface area contributed by atoms with Gasteiger partial charge in [0.25, 0.3) is 0 Å². The molecule has 0 aliphatic rings. The molecule has 3 N–H and O–H groups in total. The van der Waals surface area contributed by atoms with Crippen LogP contribution in [0, 0.1) is 0 Å². The van der Waals surface area contributed by atoms with Crippen LogP contribution in [0.25, 0.3) is 0 Å². The van der Waals surface area contributed by atoms with Crippen LogP contribution in [-0.2, 0) is 0 Å². The Morgan fingerprint density at radius 3 is 1.78 bits per heavy atom. The molecule has 0 aromatic carbocycles. The van der Waals surface area contributed by atoms with E-state index in [4.69, 9.17) is 5.73 Å². The highest BCUT2D eigenvalue weighted by Gasteiger charge is 1.91. The van der Waals surface area contributed by atoms with Gasteiger partial charge in [0.05, 0.1) is 6.20 Å². The number of rotatable bonds is 10. The smallest absolute Gasteiger partial charge is 0.0690 e. The minimum Gasteiger partial charge on any atom is -0.330 e. The maximum atomic E-state index is 5.42. The number of nitrogens with two attached hydrogens (primary N) is 1. The van der Waals surface area contributed by atoms with Crippen molar-refractivity contribution < 1.29 is 0 Å². The maximum Gasteiger partial charge on any atom is 0.0690 e. The van der Waals surface area contributed by atoms with Gasteiger partial charge in [-0.3, -0.25) is 5.10 Å². The Bertz CT molecular complexity index is 184. The van der Waals surface area contributed by atoms with Gasteiger partial charge in [0.15, 0.2) is 0 Å². The van der Waals surface area contributed by atoms with E-state index in [1.165, 1.54) is 64.2 Å². The fourth-order valence-corrected chi connectivity index (χ4v) is 1.80. The number of nitrogens with zero attached hydrogens (tertiary/aromatic N) is 2. The van der Waals surface area contributed by atoms with Crippen LogP contribution in [0.5, 0.6) is 0 Å². The van der Waals surface area contributed by atoms with Gasteiger partial charge in [-0.15, -0.1) is 5.10 Å². The predicted molar refractivity (Wildman–Crippen MR) is 77.3 cm³/mol. The van der Waals surface area contributed by atoms with Crippen LogP contribution >= 0.6 is 0 Å². The molecule has 106 valence electrons. The third kappa shape index (κ3) is 15.1. The molecule has 1 aromatic rings. The number of unbranched alkanes of at least 4 members (excludes halogenated alkanes) is 9. The van der Waals surface area contributed by atoms with Crippen molar-refractivity contribution in [2.75, 3.05) is 6.54 Å². The van der Waals surface area contributed by atoms with Gasteiger partial charge in [-0.1, -0.05) is 69.9 Å². The van der Waals surface area contributed by atoms with E-state index >= 15 is 0 Å². The maximum absolute atomic E-state index is 5.42. The SMILES string of the molecule is CCCCCCCCCCCCN.c1c[nH]nn1. The summed E-state index contributed by atoms with van der Waals surface area (Å²) < 4.78 is 0. The molecular weight excluding hydrogens is 224 g/mol. The van der Waals surface area contributed by atoms with E-state index in [0.29, 0.717) is 0 Å². The largest absolute Gasteiger partial charge is 0.330 e. The minimum atomic E-state index is 0.872. The molecule has 0 bridgehead atoms. The van der Waals surface area contributed by atoms with Crippen molar-refractivity contribution in [3.63, 3.8) is 0 Å². The van der Waals surface area contributed by atoms with Crippen molar-refractivity contribution in [3.05, 3.63) is 12.4 Å². The first-order chi connectivity index (χ1) is 8.91. The Morgan fingerprint density at radius 1 is 0.889 bits per heavy atom. The van der Waals surface area contributed by atoms with Crippen LogP contribution in [0.4, 0.5) is 0 Å². The second kappa shape index (κ2) is 16.1. The molecule has 18 heavy (non-hydrogen) atoms. The summed E-state index contributed by atoms with van der Waals surface area (Å²) in [5.74, 6) is 0. The van der Waals surface area contributed by atoms with E-state index in [9.17, 15) is 0 Å². The zero-order valence-corrected chi connectivity index (χ0v) is 11.9. The second-order valence-electron chi connectivity index (χ2n) is 4.63. The number of hydrogen-bond acceptors (Lipinski definition) is 3. The summed E-state index contributed by atoms with van der Waals surface area (Å²) in [4.78, 5) is 0. The molecule has 0 saturated carbocycles. The van der Waals surface area contributed by atoms with Crippen molar-refractivity contribution in [1.82, 2.24) is 15.4 Å². The summed E-state index contributed by atoms with van der Waals surface area (Å²) in [6.07, 6.45) is 17.2. The molecule has 0 fully saturated rings. The standard InChI is InChI=1S/C12H27N.C2H3N3/c1-2-3-4-5-6-7-8-9-10-11-12-13;1-2-4-5-3-1/h2-13H2,1H3;1-2H,(H,3,4,5). The normalized spacial score (nSPS) is 9.89. The molecule has 4 nitrogen and oxygen atoms in total. The van der Waals surface area contributed by atoms with Gasteiger partial charge < -0.3 is 5.73 Å². The first kappa shape index (κ1) is 17.1. The molecular formula is C14H30N4. The molecule has 4 heteroatoms. The monoisotopic (exact) mass is 254 g/mol. The molecule has 0 amide bonds. The third-order valence-electron chi connectivity index (χ3n) is 2.89. The number of nitrogens with one attached hydrogen (secondary N) is 1. The van der Waals surface area contributed by atoms with Crippen LogP contribution in [0.2, 0.25) is 0 Å². The molecule has 1 aromatic heterocycles. The minimum absolute atomic E-state index is 0.872. The average Bonchev–Trinajstić information content (AvgIpc) is 2.96. The lowest BCUT2D eigenvalue weighted by Crippen LogP contribution is -1.97. The Morgan fingerprint density at radius 2 is 1.44 bits per heavy atom. The Hall–Kier alpha value is -0.900. The van der Waals surface area contributed by atoms with E-state index in [-0.39, 0.29) is 0 Å². The quantitative estimate of drug-likeness (QED) is 0.626. The summed E-state index contributed by atoms with van der Waals surface area (Å²) >= 11 is 0. The van der Waals surface area contributed by atoms with Gasteiger partial charge in [0.2, 0.25) is 0 Å². The van der Waals surface area contributed by atoms with Crippen LogP contribution in [0.3, 0.4) is 0 Å². The number of H-pyrrole nitrogens is 1. The Kier molecular flexibility index (Phi) is 15.3. The zero-order valence-electron chi connectivity index (χ0n) is 11.9. The van der Waals surface area contributed by atoms with Gasteiger partial charge in [0.1, 0.15) is 0 Å². The van der Waals surface area contributed by atoms with Crippen LogP contribution in [0.1, 0.15) is 71.1 Å². The number of aromatic amines is 1. The van der Waals surface area contributed by atoms with E-state index in [0.717, 1.165) is 6.54 Å². The van der Waals surface area contributed by atoms with Gasteiger partial charge in [0, 0.05) is 6.20 Å². The fourth-order valence-electron chi connectivity index (χ4n) is 1.80. The first-order valence-electron chi connectivity index (χ1n) is 7.42. The lowest BCUT2D eigenvalue weighted by atomic mass is 10.1. The van der Waals surface area contributed by atoms with E-state index in [1.807, 2.05) is 0 Å². The van der Waals surface area contributed by atoms with Gasteiger partial charge in [-0.2, -0.15) is 0 Å². The lowest BCUT2D eigenvalue weighted by Gasteiger charge is -2.00. The Balaban J connectivity index is 0.000000473. The number of aromatic nitrogens is 3. The highest BCUT2D eigenvalue weighted by molar-refractivity contribution is 4.54. The summed E-state index contributed by atoms with van der Waals surface area (Å²) in [5.41, 5.74) is 5.42. The van der Waals surface area contributed by atoms with Crippen molar-refractivity contribution in [2.45, 2.75) is 71.1 Å². The topological polar surface area (TPSA) is 67.6 Å². The van der Waals surface area contributed by atoms with Crippen molar-refractivity contribution in [3.8, 4) is 0 Å². The fraction of sp³-hybridized carbons (Fsp3) is 0.857. The number of hydrogen-bond donors (Lipinski definition) is 2. The van der Waals surface area contributed by atoms with E-state index in [1.54, 1.807) is 12.4 Å². The average molecular weight is 254 g/mol. The highest BCUT2D eigenvalue weighted by atomic mass is 15.3. The summed E-state index contributed by atoms with van der Waals surface area (Å²) in [5, 5.41) is 9.26. The second-order valence-corrected chi connectivity index (χ2v) is 4.63. The molecule has 1 rings (SSSR count). The van der Waals surface area contributed by atoms with Crippen LogP contribution in [0.15, 0.2) is 12.4 Å². The van der Waals surface area contributed by atoms with E-state index in [2.05, 4.69) is 22.3 Å². The molecule has 0 spiro atoms. The molecule has 0 unspecified atom stereocenters. The third-order valence-corrected chi connectivity index (χ3v) is 2.89. The van der Waals surface area contributed by atoms with Gasteiger partial charge in [-0.05, 0) is 13.0 Å². The van der Waals surface area contributed by atoms with Crippen LogP contribution < -0.4 is 5.73 Å². The molecule has 0 aliphatic carbocycles. The molecule has 0 radical (unpaired) electrons. The molecule has 0 atom stereocenters. The van der Waals surface area contributed by atoms with Crippen LogP contribution in [-0.4, -0.2) is 22.0 Å². The zero-order chi connectivity index (χ0) is 13.3. The lowest BCUT2D eigenvalue weighted by molar-refractivity contribution is 0.558. The van der Waals surface area contributed by atoms with Crippen molar-refractivity contribution >= 4 is 0 Å². The predicted octanol–water partition coefficient (Wildman–Crippen LogP) is 3.67. The molecule has 0 aliphatic heterocycles. The first-order valence-corrected chi connectivity index (χ1v) is 7.42. The van der Waals surface area contributed by atoms with Gasteiger partial charge in [-0.25, -0.2) is 0 Å². The summed E-state index contributed by atoms with van der Waals surface area (Å²) in [6, 6.07) is 0. The summed E-state index contributed by atoms with van der Waals surface area (Å²) in [6.45, 7) is 3.14. The van der Waals surface area contributed by atoms with Crippen molar-refractivity contribution in [1.29, 1.82) is 0 Å². The summed E-state index contributed by atoms with van der Waals surface area (Å²) in [7, 11) is 0. The van der Waals surface area contributed by atoms with Gasteiger partial charge >= 0.3 is 0 Å². The van der Waals surface area contributed by atoms with Crippen molar-refractivity contribution in [2.24, 2.45) is 5.73 Å². The molecule has 1 heterocycles. The van der Waals surface area contributed by atoms with E-state index < -0.39 is 0 Å².